The molecule has 0 aliphatic heterocycles. The van der Waals surface area contributed by atoms with Crippen LogP contribution in [0.4, 0.5) is 4.39 Å². The van der Waals surface area contributed by atoms with Gasteiger partial charge in [-0.15, -0.1) is 0 Å². The molecule has 6 nitrogen and oxygen atoms in total. The summed E-state index contributed by atoms with van der Waals surface area (Å²) in [5.74, 6) is -0.588. The Bertz CT molecular complexity index is 1330. The van der Waals surface area contributed by atoms with E-state index in [-0.39, 0.29) is 30.2 Å². The van der Waals surface area contributed by atoms with Crippen LogP contribution in [-0.2, 0) is 11.3 Å². The van der Waals surface area contributed by atoms with Gasteiger partial charge >= 0.3 is 0 Å². The van der Waals surface area contributed by atoms with Crippen molar-refractivity contribution in [2.45, 2.75) is 19.0 Å². The quantitative estimate of drug-likeness (QED) is 0.400. The monoisotopic (exact) mass is 494 g/mol. The number of rotatable bonds is 6. The van der Waals surface area contributed by atoms with Gasteiger partial charge in [0.25, 0.3) is 5.56 Å². The Labute approximate surface area is 192 Å². The maximum Gasteiger partial charge on any atom is 0.261 e. The Kier molecular flexibility index (Phi) is 6.41. The standard InChI is InChI=1S/C24H20BrFN4O2/c1-29(23(21-7-2-3-11-27-21)16-5-4-6-18(26)13-16)22(31)10-12-30-15-28-20-9-8-17(25)14-19(20)24(30)32/h2-9,11,13-15,23H,10,12H2,1H3. The smallest absolute Gasteiger partial charge is 0.261 e. The highest BCUT2D eigenvalue weighted by atomic mass is 79.9. The maximum atomic E-state index is 13.9. The second-order valence-corrected chi connectivity index (χ2v) is 8.29. The number of aryl methyl sites for hydroxylation is 1. The van der Waals surface area contributed by atoms with Crippen molar-refractivity contribution in [3.05, 3.63) is 105 Å². The average Bonchev–Trinajstić information content (AvgIpc) is 2.80. The lowest BCUT2D eigenvalue weighted by atomic mass is 10.0. The number of amides is 1. The summed E-state index contributed by atoms with van der Waals surface area (Å²) in [4.78, 5) is 36.1. The second kappa shape index (κ2) is 9.40. The van der Waals surface area contributed by atoms with Crippen LogP contribution in [0.2, 0.25) is 0 Å². The molecule has 0 N–H and O–H groups in total. The summed E-state index contributed by atoms with van der Waals surface area (Å²) in [6, 6.07) is 16.3. The molecule has 0 saturated heterocycles. The molecule has 0 saturated carbocycles. The van der Waals surface area contributed by atoms with Crippen molar-refractivity contribution in [1.82, 2.24) is 19.4 Å². The lowest BCUT2D eigenvalue weighted by Crippen LogP contribution is -2.34. The number of carbonyl (C=O) groups excluding carboxylic acids is 1. The Morgan fingerprint density at radius 2 is 1.97 bits per heavy atom. The van der Waals surface area contributed by atoms with Gasteiger partial charge < -0.3 is 4.90 Å². The minimum Gasteiger partial charge on any atom is -0.333 e. The van der Waals surface area contributed by atoms with E-state index in [9.17, 15) is 14.0 Å². The van der Waals surface area contributed by atoms with Crippen molar-refractivity contribution < 1.29 is 9.18 Å². The van der Waals surface area contributed by atoms with Crippen LogP contribution in [0.1, 0.15) is 23.7 Å². The zero-order valence-electron chi connectivity index (χ0n) is 17.3. The van der Waals surface area contributed by atoms with Gasteiger partial charge in [-0.2, -0.15) is 0 Å². The molecule has 0 bridgehead atoms. The van der Waals surface area contributed by atoms with Gasteiger partial charge in [0, 0.05) is 30.7 Å². The second-order valence-electron chi connectivity index (χ2n) is 7.37. The molecule has 0 aliphatic carbocycles. The summed E-state index contributed by atoms with van der Waals surface area (Å²) in [6.07, 6.45) is 3.17. The van der Waals surface area contributed by atoms with Crippen molar-refractivity contribution in [2.75, 3.05) is 7.05 Å². The van der Waals surface area contributed by atoms with Crippen LogP contribution in [0, 0.1) is 5.82 Å². The largest absolute Gasteiger partial charge is 0.333 e. The molecule has 162 valence electrons. The number of hydrogen-bond acceptors (Lipinski definition) is 4. The van der Waals surface area contributed by atoms with Crippen molar-refractivity contribution in [2.24, 2.45) is 0 Å². The Balaban J connectivity index is 1.58. The molecule has 1 unspecified atom stereocenters. The number of aromatic nitrogens is 3. The van der Waals surface area contributed by atoms with Gasteiger partial charge in [-0.05, 0) is 48.0 Å². The molecule has 2 aromatic carbocycles. The van der Waals surface area contributed by atoms with E-state index in [1.165, 1.54) is 27.9 Å². The Morgan fingerprint density at radius 3 is 2.72 bits per heavy atom. The zero-order chi connectivity index (χ0) is 22.7. The number of pyridine rings is 1. The summed E-state index contributed by atoms with van der Waals surface area (Å²) >= 11 is 3.37. The first kappa shape index (κ1) is 21.8. The normalized spacial score (nSPS) is 12.0. The van der Waals surface area contributed by atoms with Crippen LogP contribution in [0.25, 0.3) is 10.9 Å². The molecule has 0 spiro atoms. The van der Waals surface area contributed by atoms with E-state index in [0.29, 0.717) is 22.2 Å². The number of hydrogen-bond donors (Lipinski definition) is 0. The fourth-order valence-electron chi connectivity index (χ4n) is 3.63. The van der Waals surface area contributed by atoms with Gasteiger partial charge in [0.2, 0.25) is 5.91 Å². The predicted molar refractivity (Wildman–Crippen MR) is 124 cm³/mol. The van der Waals surface area contributed by atoms with E-state index in [1.54, 1.807) is 49.6 Å². The highest BCUT2D eigenvalue weighted by Crippen LogP contribution is 2.27. The van der Waals surface area contributed by atoms with E-state index in [4.69, 9.17) is 0 Å². The van der Waals surface area contributed by atoms with Gasteiger partial charge in [-0.3, -0.25) is 19.1 Å². The van der Waals surface area contributed by atoms with Crippen LogP contribution in [0.5, 0.6) is 0 Å². The molecular formula is C24H20BrFN4O2. The molecule has 1 atom stereocenters. The predicted octanol–water partition coefficient (Wildman–Crippen LogP) is 4.33. The van der Waals surface area contributed by atoms with Crippen LogP contribution in [0.3, 0.4) is 0 Å². The fraction of sp³-hybridized carbons (Fsp3) is 0.167. The van der Waals surface area contributed by atoms with Crippen molar-refractivity contribution in [3.63, 3.8) is 0 Å². The molecule has 2 heterocycles. The van der Waals surface area contributed by atoms with Crippen molar-refractivity contribution in [1.29, 1.82) is 0 Å². The summed E-state index contributed by atoms with van der Waals surface area (Å²) in [5, 5.41) is 0.480. The number of nitrogens with zero attached hydrogens (tertiary/aromatic N) is 4. The lowest BCUT2D eigenvalue weighted by Gasteiger charge is -2.28. The van der Waals surface area contributed by atoms with E-state index in [2.05, 4.69) is 25.9 Å². The molecule has 1 amide bonds. The third kappa shape index (κ3) is 4.60. The topological polar surface area (TPSA) is 68.1 Å². The minimum atomic E-state index is -0.554. The molecule has 4 aromatic rings. The molecule has 2 aromatic heterocycles. The third-order valence-corrected chi connectivity index (χ3v) is 5.76. The first-order valence-electron chi connectivity index (χ1n) is 10.0. The van der Waals surface area contributed by atoms with Crippen LogP contribution >= 0.6 is 15.9 Å². The summed E-state index contributed by atoms with van der Waals surface area (Å²) in [6.45, 7) is 0.176. The summed E-state index contributed by atoms with van der Waals surface area (Å²) in [5.41, 5.74) is 1.63. The molecule has 0 aliphatic rings. The molecule has 32 heavy (non-hydrogen) atoms. The molecule has 4 rings (SSSR count). The summed E-state index contributed by atoms with van der Waals surface area (Å²) in [7, 11) is 1.66. The first-order chi connectivity index (χ1) is 15.4. The van der Waals surface area contributed by atoms with Crippen LogP contribution in [0.15, 0.2) is 82.5 Å². The average molecular weight is 495 g/mol. The van der Waals surface area contributed by atoms with Crippen molar-refractivity contribution in [3.8, 4) is 0 Å². The van der Waals surface area contributed by atoms with Crippen LogP contribution < -0.4 is 5.56 Å². The lowest BCUT2D eigenvalue weighted by molar-refractivity contribution is -0.131. The van der Waals surface area contributed by atoms with E-state index in [1.807, 2.05) is 12.1 Å². The number of benzene rings is 2. The van der Waals surface area contributed by atoms with E-state index in [0.717, 1.165) is 4.47 Å². The maximum absolute atomic E-state index is 13.9. The third-order valence-electron chi connectivity index (χ3n) is 5.27. The van der Waals surface area contributed by atoms with Gasteiger partial charge in [0.05, 0.1) is 29.0 Å². The molecule has 0 fully saturated rings. The Morgan fingerprint density at radius 1 is 1.12 bits per heavy atom. The molecular weight excluding hydrogens is 475 g/mol. The van der Waals surface area contributed by atoms with E-state index >= 15 is 0 Å². The van der Waals surface area contributed by atoms with Crippen molar-refractivity contribution >= 4 is 32.7 Å². The number of halogens is 2. The van der Waals surface area contributed by atoms with Gasteiger partial charge in [-0.1, -0.05) is 34.1 Å². The highest BCUT2D eigenvalue weighted by Gasteiger charge is 2.25. The van der Waals surface area contributed by atoms with Gasteiger partial charge in [-0.25, -0.2) is 9.37 Å². The summed E-state index contributed by atoms with van der Waals surface area (Å²) < 4.78 is 16.1. The van der Waals surface area contributed by atoms with Crippen LogP contribution in [-0.4, -0.2) is 32.4 Å². The number of fused-ring (bicyclic) bond motifs is 1. The molecule has 0 radical (unpaired) electrons. The molecule has 8 heteroatoms. The first-order valence-corrected chi connectivity index (χ1v) is 10.8. The minimum absolute atomic E-state index is 0.0796. The fourth-order valence-corrected chi connectivity index (χ4v) is 4.00. The van der Waals surface area contributed by atoms with Gasteiger partial charge in [0.15, 0.2) is 0 Å². The van der Waals surface area contributed by atoms with Gasteiger partial charge in [0.1, 0.15) is 5.82 Å². The van der Waals surface area contributed by atoms with E-state index < -0.39 is 6.04 Å². The SMILES string of the molecule is CN(C(=O)CCn1cnc2ccc(Br)cc2c1=O)C(c1cccc(F)c1)c1ccccn1. The zero-order valence-corrected chi connectivity index (χ0v) is 18.9. The highest BCUT2D eigenvalue weighted by molar-refractivity contribution is 9.10. The Hall–Kier alpha value is -3.39. The number of carbonyl (C=O) groups is 1.